The average molecular weight is 373 g/mol. The third kappa shape index (κ3) is 4.20. The highest BCUT2D eigenvalue weighted by Gasteiger charge is 2.13. The Hall–Kier alpha value is -3.60. The minimum absolute atomic E-state index is 0.112. The molecule has 0 N–H and O–H groups in total. The first kappa shape index (κ1) is 17.8. The van der Waals surface area contributed by atoms with Crippen molar-refractivity contribution in [1.29, 1.82) is 0 Å². The highest BCUT2D eigenvalue weighted by Crippen LogP contribution is 2.31. The molecule has 0 unspecified atom stereocenters. The monoisotopic (exact) mass is 373 g/mol. The van der Waals surface area contributed by atoms with Crippen molar-refractivity contribution in [2.24, 2.45) is 0 Å². The third-order valence-corrected chi connectivity index (χ3v) is 4.28. The van der Waals surface area contributed by atoms with Gasteiger partial charge in [0.15, 0.2) is 17.3 Å². The Morgan fingerprint density at radius 1 is 1.04 bits per heavy atom. The van der Waals surface area contributed by atoms with E-state index in [0.29, 0.717) is 42.6 Å². The zero-order valence-corrected chi connectivity index (χ0v) is 15.2. The van der Waals surface area contributed by atoms with Crippen LogP contribution in [0.15, 0.2) is 73.1 Å². The van der Waals surface area contributed by atoms with Crippen molar-refractivity contribution in [1.82, 2.24) is 4.98 Å². The number of aromatic nitrogens is 1. The lowest BCUT2D eigenvalue weighted by molar-refractivity contribution is 0.104. The molecule has 0 saturated heterocycles. The van der Waals surface area contributed by atoms with Crippen molar-refractivity contribution in [3.05, 3.63) is 89.8 Å². The number of para-hydroxylation sites is 1. The maximum absolute atomic E-state index is 12.6. The van der Waals surface area contributed by atoms with Crippen LogP contribution in [0.25, 0.3) is 6.08 Å². The summed E-state index contributed by atoms with van der Waals surface area (Å²) in [5.74, 6) is 1.86. The van der Waals surface area contributed by atoms with E-state index in [9.17, 15) is 4.79 Å². The van der Waals surface area contributed by atoms with Crippen LogP contribution in [0, 0.1) is 0 Å². The molecule has 3 aromatic rings. The third-order valence-electron chi connectivity index (χ3n) is 4.28. The molecule has 4 rings (SSSR count). The minimum atomic E-state index is -0.112. The lowest BCUT2D eigenvalue weighted by Gasteiger charge is -2.18. The molecule has 140 valence electrons. The highest BCUT2D eigenvalue weighted by molar-refractivity contribution is 6.07. The van der Waals surface area contributed by atoms with Crippen LogP contribution in [-0.4, -0.2) is 24.0 Å². The molecule has 0 radical (unpaired) electrons. The van der Waals surface area contributed by atoms with Crippen LogP contribution in [0.5, 0.6) is 17.2 Å². The van der Waals surface area contributed by atoms with E-state index in [2.05, 4.69) is 4.98 Å². The van der Waals surface area contributed by atoms with E-state index in [1.54, 1.807) is 36.7 Å². The van der Waals surface area contributed by atoms with Crippen molar-refractivity contribution in [2.75, 3.05) is 13.2 Å². The number of hydrogen-bond donors (Lipinski definition) is 0. The summed E-state index contributed by atoms with van der Waals surface area (Å²) in [6.45, 7) is 1.42. The lowest BCUT2D eigenvalue weighted by atomic mass is 10.1. The highest BCUT2D eigenvalue weighted by atomic mass is 16.6. The van der Waals surface area contributed by atoms with Crippen LogP contribution >= 0.6 is 0 Å². The summed E-state index contributed by atoms with van der Waals surface area (Å²) in [4.78, 5) is 16.6. The summed E-state index contributed by atoms with van der Waals surface area (Å²) in [5, 5.41) is 0. The summed E-state index contributed by atoms with van der Waals surface area (Å²) >= 11 is 0. The molecule has 1 aliphatic rings. The molecule has 0 bridgehead atoms. The first-order valence-electron chi connectivity index (χ1n) is 9.02. The maximum atomic E-state index is 12.6. The Bertz CT molecular complexity index is 998. The van der Waals surface area contributed by atoms with Crippen LogP contribution in [0.4, 0.5) is 0 Å². The van der Waals surface area contributed by atoms with Gasteiger partial charge in [-0.2, -0.15) is 0 Å². The summed E-state index contributed by atoms with van der Waals surface area (Å²) < 4.78 is 16.9. The van der Waals surface area contributed by atoms with Crippen molar-refractivity contribution in [3.8, 4) is 17.2 Å². The molecule has 0 spiro atoms. The van der Waals surface area contributed by atoms with E-state index < -0.39 is 0 Å². The second kappa shape index (κ2) is 8.39. The van der Waals surface area contributed by atoms with Gasteiger partial charge in [-0.3, -0.25) is 9.78 Å². The lowest BCUT2D eigenvalue weighted by Crippen LogP contribution is -2.15. The van der Waals surface area contributed by atoms with E-state index in [1.807, 2.05) is 36.4 Å². The average Bonchev–Trinajstić information content (AvgIpc) is 2.77. The normalized spacial score (nSPS) is 12.7. The fourth-order valence-electron chi connectivity index (χ4n) is 2.85. The number of rotatable bonds is 6. The number of nitrogens with zero attached hydrogens (tertiary/aromatic N) is 1. The first-order valence-corrected chi connectivity index (χ1v) is 9.02. The summed E-state index contributed by atoms with van der Waals surface area (Å²) in [6.07, 6.45) is 6.79. The van der Waals surface area contributed by atoms with Crippen LogP contribution in [0.2, 0.25) is 0 Å². The molecule has 0 amide bonds. The number of ketones is 1. The summed E-state index contributed by atoms with van der Waals surface area (Å²) in [6, 6.07) is 16.6. The number of hydrogen-bond acceptors (Lipinski definition) is 5. The SMILES string of the molecule is O=C(/C=C/c1ccccc1OCc1cccnc1)c1ccc2c(c1)OCCO2. The molecule has 5 heteroatoms. The Morgan fingerprint density at radius 2 is 1.89 bits per heavy atom. The second-order valence-electron chi connectivity index (χ2n) is 6.24. The van der Waals surface area contributed by atoms with E-state index in [0.717, 1.165) is 11.1 Å². The van der Waals surface area contributed by atoms with Gasteiger partial charge in [-0.15, -0.1) is 0 Å². The number of pyridine rings is 1. The number of benzene rings is 2. The standard InChI is InChI=1S/C23H19NO4/c25-20(19-8-10-22-23(14-19)27-13-12-26-22)9-7-18-5-1-2-6-21(18)28-16-17-4-3-11-24-15-17/h1-11,14-15H,12-13,16H2/b9-7+. The molecular formula is C23H19NO4. The topological polar surface area (TPSA) is 57.7 Å². The second-order valence-corrected chi connectivity index (χ2v) is 6.24. The van der Waals surface area contributed by atoms with Gasteiger partial charge in [-0.25, -0.2) is 0 Å². The Morgan fingerprint density at radius 3 is 2.75 bits per heavy atom. The number of carbonyl (C=O) groups excluding carboxylic acids is 1. The predicted molar refractivity (Wildman–Crippen MR) is 106 cm³/mol. The zero-order chi connectivity index (χ0) is 19.2. The van der Waals surface area contributed by atoms with Crippen molar-refractivity contribution in [2.45, 2.75) is 6.61 Å². The molecular weight excluding hydrogens is 354 g/mol. The Balaban J connectivity index is 1.47. The van der Waals surface area contributed by atoms with Gasteiger partial charge in [-0.1, -0.05) is 24.3 Å². The minimum Gasteiger partial charge on any atom is -0.488 e. The fraction of sp³-hybridized carbons (Fsp3) is 0.130. The van der Waals surface area contributed by atoms with Gasteiger partial charge >= 0.3 is 0 Å². The molecule has 28 heavy (non-hydrogen) atoms. The molecule has 0 fully saturated rings. The fourth-order valence-corrected chi connectivity index (χ4v) is 2.85. The molecule has 1 aliphatic heterocycles. The van der Waals surface area contributed by atoms with Gasteiger partial charge in [0.25, 0.3) is 0 Å². The van der Waals surface area contributed by atoms with E-state index in [-0.39, 0.29) is 5.78 Å². The number of ether oxygens (including phenoxy) is 3. The smallest absolute Gasteiger partial charge is 0.185 e. The van der Waals surface area contributed by atoms with Gasteiger partial charge in [0.05, 0.1) is 0 Å². The van der Waals surface area contributed by atoms with Gasteiger partial charge in [-0.05, 0) is 42.5 Å². The zero-order valence-electron chi connectivity index (χ0n) is 15.2. The van der Waals surface area contributed by atoms with E-state index in [1.165, 1.54) is 6.08 Å². The van der Waals surface area contributed by atoms with Crippen molar-refractivity contribution >= 4 is 11.9 Å². The Kier molecular flexibility index (Phi) is 5.33. The first-order chi connectivity index (χ1) is 13.8. The van der Waals surface area contributed by atoms with Crippen LogP contribution in [-0.2, 0) is 6.61 Å². The van der Waals surface area contributed by atoms with Crippen LogP contribution in [0.3, 0.4) is 0 Å². The molecule has 5 nitrogen and oxygen atoms in total. The van der Waals surface area contributed by atoms with Crippen LogP contribution in [0.1, 0.15) is 21.5 Å². The number of allylic oxidation sites excluding steroid dienone is 1. The molecule has 2 heterocycles. The van der Waals surface area contributed by atoms with Gasteiger partial charge in [0.1, 0.15) is 25.6 Å². The molecule has 0 aliphatic carbocycles. The number of fused-ring (bicyclic) bond motifs is 1. The Labute approximate surface area is 163 Å². The van der Waals surface area contributed by atoms with Gasteiger partial charge in [0, 0.05) is 29.1 Å². The van der Waals surface area contributed by atoms with Gasteiger partial charge < -0.3 is 14.2 Å². The quantitative estimate of drug-likeness (QED) is 0.476. The molecule has 2 aromatic carbocycles. The summed E-state index contributed by atoms with van der Waals surface area (Å²) in [5.41, 5.74) is 2.36. The van der Waals surface area contributed by atoms with Gasteiger partial charge in [0.2, 0.25) is 0 Å². The molecule has 0 saturated carbocycles. The van der Waals surface area contributed by atoms with Crippen molar-refractivity contribution in [3.63, 3.8) is 0 Å². The summed E-state index contributed by atoms with van der Waals surface area (Å²) in [7, 11) is 0. The van der Waals surface area contributed by atoms with Crippen molar-refractivity contribution < 1.29 is 19.0 Å². The molecule has 1 aromatic heterocycles. The predicted octanol–water partition coefficient (Wildman–Crippen LogP) is 4.33. The maximum Gasteiger partial charge on any atom is 0.185 e. The molecule has 0 atom stereocenters. The van der Waals surface area contributed by atoms with E-state index >= 15 is 0 Å². The van der Waals surface area contributed by atoms with E-state index in [4.69, 9.17) is 14.2 Å². The largest absolute Gasteiger partial charge is 0.488 e. The van der Waals surface area contributed by atoms with Crippen LogP contribution < -0.4 is 14.2 Å². The number of carbonyl (C=O) groups is 1.